The SMILES string of the molecule is CC1(C)CN(Cc2cccc(Cl)c2F)CC(CO)O1. The minimum Gasteiger partial charge on any atom is -0.394 e. The number of morpholine rings is 1. The molecule has 0 amide bonds. The van der Waals surface area contributed by atoms with Crippen molar-refractivity contribution in [3.8, 4) is 0 Å². The molecule has 0 aromatic heterocycles. The van der Waals surface area contributed by atoms with Gasteiger partial charge in [-0.05, 0) is 19.9 Å². The van der Waals surface area contributed by atoms with Crippen LogP contribution in [-0.4, -0.2) is 41.4 Å². The Kier molecular flexibility index (Phi) is 4.46. The summed E-state index contributed by atoms with van der Waals surface area (Å²) in [6, 6.07) is 5.02. The van der Waals surface area contributed by atoms with Crippen molar-refractivity contribution in [1.29, 1.82) is 0 Å². The van der Waals surface area contributed by atoms with E-state index in [0.29, 0.717) is 25.2 Å². The molecule has 1 N–H and O–H groups in total. The highest BCUT2D eigenvalue weighted by Crippen LogP contribution is 2.24. The number of halogens is 2. The lowest BCUT2D eigenvalue weighted by Crippen LogP contribution is -2.53. The van der Waals surface area contributed by atoms with Crippen LogP contribution in [0.15, 0.2) is 18.2 Å². The second kappa shape index (κ2) is 5.75. The largest absolute Gasteiger partial charge is 0.394 e. The van der Waals surface area contributed by atoms with Gasteiger partial charge in [-0.3, -0.25) is 4.90 Å². The zero-order valence-electron chi connectivity index (χ0n) is 11.2. The number of rotatable bonds is 3. The van der Waals surface area contributed by atoms with E-state index in [4.69, 9.17) is 16.3 Å². The number of aliphatic hydroxyl groups excluding tert-OH is 1. The Labute approximate surface area is 117 Å². The number of hydrogen-bond donors (Lipinski definition) is 1. The molecule has 5 heteroatoms. The fourth-order valence-electron chi connectivity index (χ4n) is 2.54. The molecule has 19 heavy (non-hydrogen) atoms. The van der Waals surface area contributed by atoms with Crippen LogP contribution in [0.5, 0.6) is 0 Å². The summed E-state index contributed by atoms with van der Waals surface area (Å²) >= 11 is 5.79. The van der Waals surface area contributed by atoms with Gasteiger partial charge in [0.25, 0.3) is 0 Å². The minimum atomic E-state index is -0.367. The molecule has 1 unspecified atom stereocenters. The Hall–Kier alpha value is -0.680. The second-order valence-electron chi connectivity index (χ2n) is 5.56. The third-order valence-corrected chi connectivity index (χ3v) is 3.47. The predicted octanol–water partition coefficient (Wildman–Crippen LogP) is 2.45. The number of hydrogen-bond acceptors (Lipinski definition) is 3. The maximum absolute atomic E-state index is 13.9. The topological polar surface area (TPSA) is 32.7 Å². The van der Waals surface area contributed by atoms with Crippen molar-refractivity contribution in [3.63, 3.8) is 0 Å². The molecule has 0 radical (unpaired) electrons. The highest BCUT2D eigenvalue weighted by Gasteiger charge is 2.33. The summed E-state index contributed by atoms with van der Waals surface area (Å²) in [4.78, 5) is 2.08. The minimum absolute atomic E-state index is 0.0298. The molecule has 1 aromatic carbocycles. The van der Waals surface area contributed by atoms with Crippen LogP contribution < -0.4 is 0 Å². The molecule has 0 saturated carbocycles. The van der Waals surface area contributed by atoms with Gasteiger partial charge in [0, 0.05) is 25.2 Å². The zero-order chi connectivity index (χ0) is 14.0. The van der Waals surface area contributed by atoms with Crippen molar-refractivity contribution in [2.24, 2.45) is 0 Å². The normalized spacial score (nSPS) is 23.5. The molecule has 1 aromatic rings. The van der Waals surface area contributed by atoms with Gasteiger partial charge >= 0.3 is 0 Å². The Balaban J connectivity index is 2.11. The van der Waals surface area contributed by atoms with E-state index in [1.165, 1.54) is 0 Å². The van der Waals surface area contributed by atoms with Crippen molar-refractivity contribution in [1.82, 2.24) is 4.90 Å². The average Bonchev–Trinajstić information content (AvgIpc) is 2.33. The van der Waals surface area contributed by atoms with Gasteiger partial charge in [-0.1, -0.05) is 23.7 Å². The zero-order valence-corrected chi connectivity index (χ0v) is 12.0. The molecule has 1 saturated heterocycles. The van der Waals surface area contributed by atoms with E-state index in [-0.39, 0.29) is 29.2 Å². The molecule has 1 heterocycles. The van der Waals surface area contributed by atoms with E-state index >= 15 is 0 Å². The van der Waals surface area contributed by atoms with Crippen LogP contribution in [-0.2, 0) is 11.3 Å². The highest BCUT2D eigenvalue weighted by atomic mass is 35.5. The summed E-state index contributed by atoms with van der Waals surface area (Å²) in [6.45, 7) is 5.65. The summed E-state index contributed by atoms with van der Waals surface area (Å²) in [6.07, 6.45) is -0.231. The van der Waals surface area contributed by atoms with Gasteiger partial charge in [0.1, 0.15) is 5.82 Å². The monoisotopic (exact) mass is 287 g/mol. The Morgan fingerprint density at radius 3 is 2.95 bits per heavy atom. The third-order valence-electron chi connectivity index (χ3n) is 3.18. The molecule has 106 valence electrons. The molecule has 0 aliphatic carbocycles. The lowest BCUT2D eigenvalue weighted by Gasteiger charge is -2.42. The van der Waals surface area contributed by atoms with Crippen LogP contribution in [0, 0.1) is 5.82 Å². The van der Waals surface area contributed by atoms with Crippen LogP contribution in [0.25, 0.3) is 0 Å². The second-order valence-corrected chi connectivity index (χ2v) is 5.97. The van der Waals surface area contributed by atoms with Crippen LogP contribution in [0.3, 0.4) is 0 Å². The summed E-state index contributed by atoms with van der Waals surface area (Å²) in [5.41, 5.74) is 0.225. The molecular formula is C14H19ClFNO2. The summed E-state index contributed by atoms with van der Waals surface area (Å²) in [5.74, 6) is -0.367. The van der Waals surface area contributed by atoms with Gasteiger partial charge in [0.15, 0.2) is 0 Å². The van der Waals surface area contributed by atoms with E-state index < -0.39 is 0 Å². The molecule has 1 atom stereocenters. The number of nitrogens with zero attached hydrogens (tertiary/aromatic N) is 1. The number of aliphatic hydroxyl groups is 1. The van der Waals surface area contributed by atoms with Crippen molar-refractivity contribution in [2.45, 2.75) is 32.1 Å². The Bertz CT molecular complexity index is 453. The van der Waals surface area contributed by atoms with Crippen molar-refractivity contribution >= 4 is 11.6 Å². The summed E-state index contributed by atoms with van der Waals surface area (Å²) < 4.78 is 19.6. The standard InChI is InChI=1S/C14H19ClFNO2/c1-14(2)9-17(7-11(8-18)19-14)6-10-4-3-5-12(15)13(10)16/h3-5,11,18H,6-9H2,1-2H3. The molecule has 1 fully saturated rings. The third kappa shape index (κ3) is 3.66. The molecular weight excluding hydrogens is 269 g/mol. The first-order valence-electron chi connectivity index (χ1n) is 6.35. The van der Waals surface area contributed by atoms with Crippen LogP contribution in [0.1, 0.15) is 19.4 Å². The van der Waals surface area contributed by atoms with Gasteiger partial charge in [0.05, 0.1) is 23.3 Å². The van der Waals surface area contributed by atoms with Crippen molar-refractivity contribution < 1.29 is 14.2 Å². The Morgan fingerprint density at radius 1 is 1.53 bits per heavy atom. The maximum atomic E-state index is 13.9. The average molecular weight is 288 g/mol. The van der Waals surface area contributed by atoms with Crippen LogP contribution in [0.2, 0.25) is 5.02 Å². The first kappa shape index (κ1) is 14.7. The first-order valence-corrected chi connectivity index (χ1v) is 6.73. The van der Waals surface area contributed by atoms with Gasteiger partial charge < -0.3 is 9.84 Å². The lowest BCUT2D eigenvalue weighted by molar-refractivity contribution is -0.150. The van der Waals surface area contributed by atoms with Gasteiger partial charge in [-0.15, -0.1) is 0 Å². The quantitative estimate of drug-likeness (QED) is 0.927. The smallest absolute Gasteiger partial charge is 0.146 e. The van der Waals surface area contributed by atoms with Crippen LogP contribution >= 0.6 is 11.6 Å². The molecule has 1 aliphatic rings. The number of benzene rings is 1. The fourth-order valence-corrected chi connectivity index (χ4v) is 2.74. The van der Waals surface area contributed by atoms with Gasteiger partial charge in [-0.25, -0.2) is 4.39 Å². The van der Waals surface area contributed by atoms with Crippen molar-refractivity contribution in [2.75, 3.05) is 19.7 Å². The molecule has 0 bridgehead atoms. The van der Waals surface area contributed by atoms with E-state index in [9.17, 15) is 9.50 Å². The van der Waals surface area contributed by atoms with E-state index in [0.717, 1.165) is 0 Å². The van der Waals surface area contributed by atoms with E-state index in [1.807, 2.05) is 13.8 Å². The van der Waals surface area contributed by atoms with Crippen LogP contribution in [0.4, 0.5) is 4.39 Å². The highest BCUT2D eigenvalue weighted by molar-refractivity contribution is 6.30. The first-order chi connectivity index (χ1) is 8.91. The predicted molar refractivity (Wildman–Crippen MR) is 72.7 cm³/mol. The molecule has 0 spiro atoms. The summed E-state index contributed by atoms with van der Waals surface area (Å²) in [5, 5.41) is 9.40. The maximum Gasteiger partial charge on any atom is 0.146 e. The Morgan fingerprint density at radius 2 is 2.26 bits per heavy atom. The molecule has 3 nitrogen and oxygen atoms in total. The fraction of sp³-hybridized carbons (Fsp3) is 0.571. The lowest BCUT2D eigenvalue weighted by atomic mass is 10.0. The number of ether oxygens (including phenoxy) is 1. The van der Waals surface area contributed by atoms with Gasteiger partial charge in [0.2, 0.25) is 0 Å². The van der Waals surface area contributed by atoms with Crippen molar-refractivity contribution in [3.05, 3.63) is 34.6 Å². The van der Waals surface area contributed by atoms with E-state index in [1.54, 1.807) is 18.2 Å². The van der Waals surface area contributed by atoms with E-state index in [2.05, 4.69) is 4.90 Å². The molecule has 2 rings (SSSR count). The van der Waals surface area contributed by atoms with Gasteiger partial charge in [-0.2, -0.15) is 0 Å². The molecule has 1 aliphatic heterocycles. The summed E-state index contributed by atoms with van der Waals surface area (Å²) in [7, 11) is 0.